The first kappa shape index (κ1) is 13.7. The van der Waals surface area contributed by atoms with Crippen molar-refractivity contribution >= 4 is 23.6 Å². The number of carbonyl (C=O) groups is 1. The van der Waals surface area contributed by atoms with Crippen molar-refractivity contribution in [1.82, 2.24) is 5.32 Å². The molecule has 0 spiro atoms. The van der Waals surface area contributed by atoms with Crippen molar-refractivity contribution in [2.75, 3.05) is 13.7 Å². The van der Waals surface area contributed by atoms with E-state index in [1.807, 2.05) is 19.1 Å². The van der Waals surface area contributed by atoms with E-state index in [1.165, 1.54) is 6.08 Å². The van der Waals surface area contributed by atoms with Gasteiger partial charge >= 0.3 is 0 Å². The van der Waals surface area contributed by atoms with Gasteiger partial charge in [-0.1, -0.05) is 23.7 Å². The average molecular weight is 254 g/mol. The van der Waals surface area contributed by atoms with Crippen molar-refractivity contribution in [1.29, 1.82) is 0 Å². The van der Waals surface area contributed by atoms with Gasteiger partial charge in [-0.05, 0) is 30.7 Å². The topological polar surface area (TPSA) is 38.3 Å². The van der Waals surface area contributed by atoms with Crippen LogP contribution in [-0.2, 0) is 9.53 Å². The lowest BCUT2D eigenvalue weighted by atomic mass is 10.2. The SMILES string of the molecule is COC[C@@H](C)NC(=O)/C=C/c1ccc(Cl)cc1. The van der Waals surface area contributed by atoms with E-state index in [2.05, 4.69) is 5.32 Å². The molecule has 0 aliphatic carbocycles. The first-order valence-corrected chi connectivity index (χ1v) is 5.72. The number of hydrogen-bond acceptors (Lipinski definition) is 2. The number of carbonyl (C=O) groups excluding carboxylic acids is 1. The van der Waals surface area contributed by atoms with E-state index in [4.69, 9.17) is 16.3 Å². The fourth-order valence-electron chi connectivity index (χ4n) is 1.33. The molecule has 0 saturated carbocycles. The molecule has 4 heteroatoms. The highest BCUT2D eigenvalue weighted by molar-refractivity contribution is 6.30. The van der Waals surface area contributed by atoms with Crippen molar-refractivity contribution in [2.24, 2.45) is 0 Å². The Morgan fingerprint density at radius 2 is 2.12 bits per heavy atom. The Morgan fingerprint density at radius 1 is 1.47 bits per heavy atom. The minimum absolute atomic E-state index is 0.00219. The molecule has 1 N–H and O–H groups in total. The van der Waals surface area contributed by atoms with E-state index >= 15 is 0 Å². The Hall–Kier alpha value is -1.32. The third-order valence-corrected chi connectivity index (χ3v) is 2.35. The second-order valence-electron chi connectivity index (χ2n) is 3.75. The van der Waals surface area contributed by atoms with Crippen LogP contribution in [0.1, 0.15) is 12.5 Å². The molecule has 1 aromatic carbocycles. The van der Waals surface area contributed by atoms with Crippen LogP contribution in [0.3, 0.4) is 0 Å². The summed E-state index contributed by atoms with van der Waals surface area (Å²) in [6.45, 7) is 2.39. The molecular weight excluding hydrogens is 238 g/mol. The van der Waals surface area contributed by atoms with Gasteiger partial charge in [0.1, 0.15) is 0 Å². The zero-order chi connectivity index (χ0) is 12.7. The first-order valence-electron chi connectivity index (χ1n) is 5.35. The van der Waals surface area contributed by atoms with E-state index in [0.717, 1.165) is 5.56 Å². The van der Waals surface area contributed by atoms with E-state index in [0.29, 0.717) is 11.6 Å². The quantitative estimate of drug-likeness (QED) is 0.819. The number of rotatable bonds is 5. The van der Waals surface area contributed by atoms with Crippen molar-refractivity contribution in [3.63, 3.8) is 0 Å². The smallest absolute Gasteiger partial charge is 0.244 e. The summed E-state index contributed by atoms with van der Waals surface area (Å²) in [6, 6.07) is 7.27. The van der Waals surface area contributed by atoms with Gasteiger partial charge in [-0.25, -0.2) is 0 Å². The fraction of sp³-hybridized carbons (Fsp3) is 0.308. The van der Waals surface area contributed by atoms with Crippen molar-refractivity contribution in [3.8, 4) is 0 Å². The standard InChI is InChI=1S/C13H16ClNO2/c1-10(9-17-2)15-13(16)8-5-11-3-6-12(14)7-4-11/h3-8,10H,9H2,1-2H3,(H,15,16)/b8-5+/t10-/m1/s1. The van der Waals surface area contributed by atoms with E-state index < -0.39 is 0 Å². The Balaban J connectivity index is 2.47. The molecule has 1 amide bonds. The molecule has 0 fully saturated rings. The molecular formula is C13H16ClNO2. The van der Waals surface area contributed by atoms with Crippen LogP contribution in [-0.4, -0.2) is 25.7 Å². The van der Waals surface area contributed by atoms with Crippen molar-refractivity contribution < 1.29 is 9.53 Å². The van der Waals surface area contributed by atoms with Gasteiger partial charge in [0.2, 0.25) is 5.91 Å². The van der Waals surface area contributed by atoms with Gasteiger partial charge in [0, 0.05) is 24.3 Å². The molecule has 1 aromatic rings. The van der Waals surface area contributed by atoms with E-state index in [9.17, 15) is 4.79 Å². The maximum absolute atomic E-state index is 11.5. The van der Waals surface area contributed by atoms with Crippen molar-refractivity contribution in [3.05, 3.63) is 40.9 Å². The van der Waals surface area contributed by atoms with Gasteiger partial charge in [-0.2, -0.15) is 0 Å². The highest BCUT2D eigenvalue weighted by Gasteiger charge is 2.02. The van der Waals surface area contributed by atoms with Crippen LogP contribution in [0.5, 0.6) is 0 Å². The van der Waals surface area contributed by atoms with Crippen LogP contribution in [0.25, 0.3) is 6.08 Å². The molecule has 0 bridgehead atoms. The van der Waals surface area contributed by atoms with Crippen LogP contribution >= 0.6 is 11.6 Å². The number of methoxy groups -OCH3 is 1. The fourth-order valence-corrected chi connectivity index (χ4v) is 1.45. The van der Waals surface area contributed by atoms with Gasteiger partial charge < -0.3 is 10.1 Å². The summed E-state index contributed by atoms with van der Waals surface area (Å²) in [6.07, 6.45) is 3.24. The number of benzene rings is 1. The highest BCUT2D eigenvalue weighted by Crippen LogP contribution is 2.10. The zero-order valence-electron chi connectivity index (χ0n) is 9.94. The molecule has 0 aliphatic rings. The van der Waals surface area contributed by atoms with Crippen LogP contribution < -0.4 is 5.32 Å². The van der Waals surface area contributed by atoms with Crippen LogP contribution in [0, 0.1) is 0 Å². The molecule has 0 aliphatic heterocycles. The molecule has 0 aromatic heterocycles. The van der Waals surface area contributed by atoms with Gasteiger partial charge in [0.25, 0.3) is 0 Å². The number of amides is 1. The van der Waals surface area contributed by atoms with E-state index in [-0.39, 0.29) is 11.9 Å². The largest absolute Gasteiger partial charge is 0.383 e. The van der Waals surface area contributed by atoms with E-state index in [1.54, 1.807) is 25.3 Å². The first-order chi connectivity index (χ1) is 8.11. The predicted molar refractivity (Wildman–Crippen MR) is 70.0 cm³/mol. The number of ether oxygens (including phenoxy) is 1. The van der Waals surface area contributed by atoms with Crippen LogP contribution in [0.15, 0.2) is 30.3 Å². The van der Waals surface area contributed by atoms with Crippen LogP contribution in [0.4, 0.5) is 0 Å². The lowest BCUT2D eigenvalue weighted by Gasteiger charge is -2.10. The molecule has 0 saturated heterocycles. The van der Waals surface area contributed by atoms with Gasteiger partial charge in [0.05, 0.1) is 6.61 Å². The van der Waals surface area contributed by atoms with Gasteiger partial charge in [-0.15, -0.1) is 0 Å². The molecule has 0 radical (unpaired) electrons. The molecule has 1 atom stereocenters. The molecule has 92 valence electrons. The second-order valence-corrected chi connectivity index (χ2v) is 4.19. The Labute approximate surface area is 106 Å². The predicted octanol–water partition coefficient (Wildman–Crippen LogP) is 2.50. The summed E-state index contributed by atoms with van der Waals surface area (Å²) in [7, 11) is 1.60. The van der Waals surface area contributed by atoms with Gasteiger partial charge in [0.15, 0.2) is 0 Å². The summed E-state index contributed by atoms with van der Waals surface area (Å²) in [5, 5.41) is 3.47. The second kappa shape index (κ2) is 7.09. The molecule has 3 nitrogen and oxygen atoms in total. The summed E-state index contributed by atoms with van der Waals surface area (Å²) < 4.78 is 4.93. The van der Waals surface area contributed by atoms with Gasteiger partial charge in [-0.3, -0.25) is 4.79 Å². The third-order valence-electron chi connectivity index (χ3n) is 2.10. The minimum Gasteiger partial charge on any atom is -0.383 e. The number of hydrogen-bond donors (Lipinski definition) is 1. The molecule has 17 heavy (non-hydrogen) atoms. The van der Waals surface area contributed by atoms with Crippen LogP contribution in [0.2, 0.25) is 5.02 Å². The average Bonchev–Trinajstić information content (AvgIpc) is 2.28. The zero-order valence-corrected chi connectivity index (χ0v) is 10.7. The minimum atomic E-state index is -0.135. The third kappa shape index (κ3) is 5.52. The lowest BCUT2D eigenvalue weighted by molar-refractivity contribution is -0.117. The molecule has 0 heterocycles. The summed E-state index contributed by atoms with van der Waals surface area (Å²) in [5.74, 6) is -0.135. The Bertz CT molecular complexity index is 387. The maximum atomic E-state index is 11.5. The lowest BCUT2D eigenvalue weighted by Crippen LogP contribution is -2.34. The monoisotopic (exact) mass is 253 g/mol. The number of halogens is 1. The summed E-state index contributed by atoms with van der Waals surface area (Å²) >= 11 is 5.76. The Morgan fingerprint density at radius 3 is 2.71 bits per heavy atom. The maximum Gasteiger partial charge on any atom is 0.244 e. The normalized spacial score (nSPS) is 12.6. The highest BCUT2D eigenvalue weighted by atomic mass is 35.5. The molecule has 0 unspecified atom stereocenters. The number of nitrogens with one attached hydrogen (secondary N) is 1. The summed E-state index contributed by atoms with van der Waals surface area (Å²) in [5.41, 5.74) is 0.934. The molecule has 1 rings (SSSR count). The Kier molecular flexibility index (Phi) is 5.73. The van der Waals surface area contributed by atoms with Crippen molar-refractivity contribution in [2.45, 2.75) is 13.0 Å². The summed E-state index contributed by atoms with van der Waals surface area (Å²) in [4.78, 5) is 11.5.